The second-order valence-electron chi connectivity index (χ2n) is 7.85. The molecule has 1 fully saturated rings. The lowest BCUT2D eigenvalue weighted by molar-refractivity contribution is -0.126. The van der Waals surface area contributed by atoms with E-state index in [1.165, 1.54) is 10.9 Å². The van der Waals surface area contributed by atoms with Crippen LogP contribution in [0.2, 0.25) is 5.02 Å². The molecule has 0 spiro atoms. The number of fused-ring (bicyclic) bond motifs is 1. The van der Waals surface area contributed by atoms with E-state index in [4.69, 9.17) is 11.6 Å². The summed E-state index contributed by atoms with van der Waals surface area (Å²) >= 11 is 6.01. The number of aryl methyl sites for hydroxylation is 1. The minimum atomic E-state index is 0.104. The molecule has 6 heteroatoms. The summed E-state index contributed by atoms with van der Waals surface area (Å²) in [6.07, 6.45) is 6.87. The van der Waals surface area contributed by atoms with Crippen molar-refractivity contribution >= 4 is 28.5 Å². The van der Waals surface area contributed by atoms with Crippen molar-refractivity contribution in [1.29, 1.82) is 0 Å². The van der Waals surface area contributed by atoms with Crippen molar-refractivity contribution in [3.05, 3.63) is 64.9 Å². The second-order valence-corrected chi connectivity index (χ2v) is 8.29. The Hall–Kier alpha value is -2.37. The molecule has 1 aliphatic heterocycles. The number of aromatic nitrogens is 2. The van der Waals surface area contributed by atoms with Crippen molar-refractivity contribution in [2.45, 2.75) is 25.8 Å². The first-order valence-corrected chi connectivity index (χ1v) is 10.6. The van der Waals surface area contributed by atoms with E-state index in [9.17, 15) is 4.79 Å². The molecule has 1 aromatic carbocycles. The Labute approximate surface area is 176 Å². The van der Waals surface area contributed by atoms with Crippen molar-refractivity contribution in [2.24, 2.45) is 13.0 Å². The van der Waals surface area contributed by atoms with Gasteiger partial charge in [0.2, 0.25) is 5.91 Å². The molecule has 0 atom stereocenters. The molecule has 1 amide bonds. The number of carbonyl (C=O) groups is 1. The lowest BCUT2D eigenvalue weighted by Gasteiger charge is -2.31. The zero-order chi connectivity index (χ0) is 20.2. The van der Waals surface area contributed by atoms with Crippen LogP contribution in [0.4, 0.5) is 0 Å². The largest absolute Gasteiger partial charge is 0.352 e. The highest BCUT2D eigenvalue weighted by atomic mass is 35.5. The summed E-state index contributed by atoms with van der Waals surface area (Å²) in [6, 6.07) is 11.8. The fourth-order valence-electron chi connectivity index (χ4n) is 4.17. The van der Waals surface area contributed by atoms with Crippen LogP contribution in [0.5, 0.6) is 0 Å². The van der Waals surface area contributed by atoms with Gasteiger partial charge in [-0.05, 0) is 67.7 Å². The summed E-state index contributed by atoms with van der Waals surface area (Å²) in [5.41, 5.74) is 3.42. The van der Waals surface area contributed by atoms with Gasteiger partial charge in [0.15, 0.2) is 0 Å². The first kappa shape index (κ1) is 19.9. The molecule has 0 saturated carbocycles. The number of amides is 1. The standard InChI is InChI=1S/C23H27ClN4O/c1-27-16-19(21-6-3-10-25-22(21)27)9-13-28-11-7-18(8-12-28)23(29)26-15-17-4-2-5-20(24)14-17/h2-6,10,14,16,18H,7-9,11-13,15H2,1H3,(H,26,29). The number of nitrogens with one attached hydrogen (secondary N) is 1. The highest BCUT2D eigenvalue weighted by Crippen LogP contribution is 2.21. The van der Waals surface area contributed by atoms with Gasteiger partial charge in [-0.1, -0.05) is 23.7 Å². The number of nitrogens with zero attached hydrogens (tertiary/aromatic N) is 3. The average Bonchev–Trinajstić information content (AvgIpc) is 3.07. The average molecular weight is 411 g/mol. The van der Waals surface area contributed by atoms with E-state index in [1.807, 2.05) is 43.6 Å². The van der Waals surface area contributed by atoms with Crippen LogP contribution < -0.4 is 5.32 Å². The van der Waals surface area contributed by atoms with Gasteiger partial charge in [-0.3, -0.25) is 4.79 Å². The van der Waals surface area contributed by atoms with Gasteiger partial charge in [-0.15, -0.1) is 0 Å². The van der Waals surface area contributed by atoms with Gasteiger partial charge in [-0.25, -0.2) is 4.98 Å². The Morgan fingerprint density at radius 2 is 2.07 bits per heavy atom. The van der Waals surface area contributed by atoms with Crippen molar-refractivity contribution < 1.29 is 4.79 Å². The smallest absolute Gasteiger partial charge is 0.223 e. The number of hydrogen-bond donors (Lipinski definition) is 1. The maximum absolute atomic E-state index is 12.5. The predicted octanol–water partition coefficient (Wildman–Crippen LogP) is 3.80. The van der Waals surface area contributed by atoms with Crippen molar-refractivity contribution in [1.82, 2.24) is 19.8 Å². The molecule has 1 N–H and O–H groups in total. The normalized spacial score (nSPS) is 15.7. The zero-order valence-electron chi connectivity index (χ0n) is 16.8. The molecule has 29 heavy (non-hydrogen) atoms. The van der Waals surface area contributed by atoms with Crippen molar-refractivity contribution in [3.8, 4) is 0 Å². The van der Waals surface area contributed by atoms with Gasteiger partial charge in [0, 0.05) is 48.9 Å². The van der Waals surface area contributed by atoms with Crippen LogP contribution in [-0.4, -0.2) is 40.0 Å². The molecular formula is C23H27ClN4O. The Kier molecular flexibility index (Phi) is 6.16. The lowest BCUT2D eigenvalue weighted by atomic mass is 9.95. The number of halogens is 1. The van der Waals surface area contributed by atoms with Crippen LogP contribution >= 0.6 is 11.6 Å². The molecular weight excluding hydrogens is 384 g/mol. The van der Waals surface area contributed by atoms with Crippen molar-refractivity contribution in [3.63, 3.8) is 0 Å². The molecule has 1 saturated heterocycles. The number of piperidine rings is 1. The number of carbonyl (C=O) groups excluding carboxylic acids is 1. The number of likely N-dealkylation sites (tertiary alicyclic amines) is 1. The summed E-state index contributed by atoms with van der Waals surface area (Å²) < 4.78 is 2.10. The van der Waals surface area contributed by atoms with E-state index in [0.717, 1.165) is 50.1 Å². The molecule has 1 aliphatic rings. The van der Waals surface area contributed by atoms with Crippen LogP contribution in [0.15, 0.2) is 48.8 Å². The van der Waals surface area contributed by atoms with E-state index < -0.39 is 0 Å². The van der Waals surface area contributed by atoms with Gasteiger partial charge in [-0.2, -0.15) is 0 Å². The van der Waals surface area contributed by atoms with Crippen molar-refractivity contribution in [2.75, 3.05) is 19.6 Å². The second kappa shape index (κ2) is 8.97. The molecule has 0 aliphatic carbocycles. The molecule has 0 radical (unpaired) electrons. The first-order valence-electron chi connectivity index (χ1n) is 10.2. The molecule has 0 unspecified atom stereocenters. The Morgan fingerprint density at radius 3 is 2.86 bits per heavy atom. The van der Waals surface area contributed by atoms with E-state index in [2.05, 4.69) is 32.0 Å². The van der Waals surface area contributed by atoms with Gasteiger partial charge < -0.3 is 14.8 Å². The summed E-state index contributed by atoms with van der Waals surface area (Å²) in [5, 5.41) is 5.01. The number of rotatable bonds is 6. The van der Waals surface area contributed by atoms with E-state index >= 15 is 0 Å². The van der Waals surface area contributed by atoms with Crippen LogP contribution in [0.25, 0.3) is 11.0 Å². The minimum Gasteiger partial charge on any atom is -0.352 e. The first-order chi connectivity index (χ1) is 14.1. The monoisotopic (exact) mass is 410 g/mol. The summed E-state index contributed by atoms with van der Waals surface area (Å²) in [5.74, 6) is 0.261. The molecule has 5 nitrogen and oxygen atoms in total. The lowest BCUT2D eigenvalue weighted by Crippen LogP contribution is -2.41. The van der Waals surface area contributed by atoms with Crippen LogP contribution in [0.1, 0.15) is 24.0 Å². The molecule has 152 valence electrons. The summed E-state index contributed by atoms with van der Waals surface area (Å²) in [7, 11) is 2.05. The summed E-state index contributed by atoms with van der Waals surface area (Å²) in [4.78, 5) is 19.5. The molecule has 3 heterocycles. The molecule has 0 bridgehead atoms. The van der Waals surface area contributed by atoms with Gasteiger partial charge in [0.25, 0.3) is 0 Å². The topological polar surface area (TPSA) is 50.2 Å². The molecule has 2 aromatic heterocycles. The number of benzene rings is 1. The Bertz CT molecular complexity index is 991. The Balaban J connectivity index is 1.24. The Morgan fingerprint density at radius 1 is 1.24 bits per heavy atom. The highest BCUT2D eigenvalue weighted by molar-refractivity contribution is 6.30. The quantitative estimate of drug-likeness (QED) is 0.672. The maximum atomic E-state index is 12.5. The van der Waals surface area contributed by atoms with E-state index in [1.54, 1.807) is 0 Å². The summed E-state index contributed by atoms with van der Waals surface area (Å²) in [6.45, 7) is 3.50. The third-order valence-corrected chi connectivity index (χ3v) is 6.06. The van der Waals surface area contributed by atoms with Gasteiger partial charge in [0.05, 0.1) is 0 Å². The predicted molar refractivity (Wildman–Crippen MR) is 117 cm³/mol. The fraction of sp³-hybridized carbons (Fsp3) is 0.391. The highest BCUT2D eigenvalue weighted by Gasteiger charge is 2.24. The maximum Gasteiger partial charge on any atom is 0.223 e. The SMILES string of the molecule is Cn1cc(CCN2CCC(C(=O)NCc3cccc(Cl)c3)CC2)c2cccnc21. The van der Waals surface area contributed by atoms with Crippen LogP contribution in [-0.2, 0) is 24.8 Å². The third-order valence-electron chi connectivity index (χ3n) is 5.83. The van der Waals surface area contributed by atoms with E-state index in [0.29, 0.717) is 11.6 Å². The third kappa shape index (κ3) is 4.80. The van der Waals surface area contributed by atoms with Gasteiger partial charge in [0.1, 0.15) is 5.65 Å². The van der Waals surface area contributed by atoms with Crippen LogP contribution in [0.3, 0.4) is 0 Å². The van der Waals surface area contributed by atoms with E-state index in [-0.39, 0.29) is 11.8 Å². The fourth-order valence-corrected chi connectivity index (χ4v) is 4.38. The minimum absolute atomic E-state index is 0.104. The molecule has 4 rings (SSSR count). The number of hydrogen-bond acceptors (Lipinski definition) is 3. The molecule has 3 aromatic rings. The zero-order valence-corrected chi connectivity index (χ0v) is 17.5. The van der Waals surface area contributed by atoms with Crippen LogP contribution in [0, 0.1) is 5.92 Å². The number of pyridine rings is 1. The van der Waals surface area contributed by atoms with Gasteiger partial charge >= 0.3 is 0 Å².